The van der Waals surface area contributed by atoms with Crippen LogP contribution in [0.3, 0.4) is 0 Å². The number of hydrogen-bond acceptors (Lipinski definition) is 6. The summed E-state index contributed by atoms with van der Waals surface area (Å²) in [7, 11) is 3.58. The van der Waals surface area contributed by atoms with Gasteiger partial charge in [-0.05, 0) is 60.2 Å². The molecule has 1 atom stereocenters. The summed E-state index contributed by atoms with van der Waals surface area (Å²) in [5.41, 5.74) is 1.92. The number of aromatic nitrogens is 3. The molecule has 1 aromatic heterocycles. The SMILES string of the molecule is C=CN1C=CC=C(C(F)(F)F)/C1=C/N(C)c1cc(/C(C=N)=C/C=N)cc(C(c2nncn2C)C2CCC2)c1. The fourth-order valence-electron chi connectivity index (χ4n) is 4.81. The van der Waals surface area contributed by atoms with Crippen LogP contribution in [0.15, 0.2) is 79.2 Å². The first-order valence-electron chi connectivity index (χ1n) is 12.2. The summed E-state index contributed by atoms with van der Waals surface area (Å²) in [6, 6.07) is 5.74. The Labute approximate surface area is 220 Å². The van der Waals surface area contributed by atoms with Crippen LogP contribution >= 0.6 is 0 Å². The van der Waals surface area contributed by atoms with Gasteiger partial charge in [0.05, 0.1) is 11.3 Å². The highest BCUT2D eigenvalue weighted by molar-refractivity contribution is 6.12. The van der Waals surface area contributed by atoms with Crippen molar-refractivity contribution < 1.29 is 13.2 Å². The molecule has 198 valence electrons. The Morgan fingerprint density at radius 3 is 2.55 bits per heavy atom. The van der Waals surface area contributed by atoms with Crippen LogP contribution in [0.1, 0.15) is 42.1 Å². The third-order valence-corrected chi connectivity index (χ3v) is 6.99. The average molecular weight is 522 g/mol. The topological polar surface area (TPSA) is 84.9 Å². The highest BCUT2D eigenvalue weighted by atomic mass is 19.4. The maximum absolute atomic E-state index is 13.9. The number of allylic oxidation sites excluding steroid dienone is 5. The Balaban J connectivity index is 1.87. The fraction of sp³-hybridized carbons (Fsp3) is 0.286. The lowest BCUT2D eigenvalue weighted by molar-refractivity contribution is -0.0909. The Hall–Kier alpha value is -4.21. The van der Waals surface area contributed by atoms with Gasteiger partial charge in [0.2, 0.25) is 0 Å². The van der Waals surface area contributed by atoms with Crippen LogP contribution in [0.5, 0.6) is 0 Å². The van der Waals surface area contributed by atoms with Crippen LogP contribution in [-0.2, 0) is 7.05 Å². The minimum absolute atomic E-state index is 0.0596. The van der Waals surface area contributed by atoms with Gasteiger partial charge in [-0.1, -0.05) is 19.1 Å². The summed E-state index contributed by atoms with van der Waals surface area (Å²) >= 11 is 0. The second-order valence-electron chi connectivity index (χ2n) is 9.35. The summed E-state index contributed by atoms with van der Waals surface area (Å²) in [5, 5.41) is 23.9. The molecule has 0 bridgehead atoms. The van der Waals surface area contributed by atoms with Crippen molar-refractivity contribution in [1.29, 1.82) is 10.8 Å². The van der Waals surface area contributed by atoms with Gasteiger partial charge in [-0.25, -0.2) is 0 Å². The van der Waals surface area contributed by atoms with E-state index in [1.165, 1.54) is 41.9 Å². The predicted molar refractivity (Wildman–Crippen MR) is 144 cm³/mol. The van der Waals surface area contributed by atoms with Gasteiger partial charge in [0.1, 0.15) is 12.2 Å². The molecule has 1 unspecified atom stereocenters. The molecule has 0 saturated heterocycles. The monoisotopic (exact) mass is 521 g/mol. The van der Waals surface area contributed by atoms with Gasteiger partial charge in [0, 0.05) is 62.3 Å². The Morgan fingerprint density at radius 1 is 1.24 bits per heavy atom. The van der Waals surface area contributed by atoms with Crippen LogP contribution in [0, 0.1) is 16.7 Å². The molecule has 4 rings (SSSR count). The third kappa shape index (κ3) is 5.39. The third-order valence-electron chi connectivity index (χ3n) is 6.99. The van der Waals surface area contributed by atoms with E-state index in [-0.39, 0.29) is 11.6 Å². The first-order chi connectivity index (χ1) is 18.2. The van der Waals surface area contributed by atoms with Crippen LogP contribution in [0.4, 0.5) is 18.9 Å². The molecular formula is C28H30F3N7. The molecule has 1 fully saturated rings. The molecule has 2 aliphatic rings. The average Bonchev–Trinajstić information content (AvgIpc) is 3.28. The first-order valence-corrected chi connectivity index (χ1v) is 12.2. The molecule has 0 radical (unpaired) electrons. The van der Waals surface area contributed by atoms with E-state index in [4.69, 9.17) is 10.8 Å². The normalized spacial score (nSPS) is 18.1. The van der Waals surface area contributed by atoms with Gasteiger partial charge in [-0.2, -0.15) is 13.2 Å². The number of halogens is 3. The molecule has 1 aliphatic heterocycles. The molecule has 1 saturated carbocycles. The van der Waals surface area contributed by atoms with E-state index in [0.717, 1.165) is 42.9 Å². The number of nitrogens with one attached hydrogen (secondary N) is 2. The van der Waals surface area contributed by atoms with Crippen molar-refractivity contribution in [3.8, 4) is 0 Å². The van der Waals surface area contributed by atoms with Crippen molar-refractivity contribution in [1.82, 2.24) is 19.7 Å². The summed E-state index contributed by atoms with van der Waals surface area (Å²) in [5.74, 6) is 1.08. The molecular weight excluding hydrogens is 491 g/mol. The molecule has 7 nitrogen and oxygen atoms in total. The molecule has 1 aliphatic carbocycles. The second kappa shape index (κ2) is 11.0. The number of anilines is 1. The van der Waals surface area contributed by atoms with E-state index in [2.05, 4.69) is 16.8 Å². The second-order valence-corrected chi connectivity index (χ2v) is 9.35. The highest BCUT2D eigenvalue weighted by Crippen LogP contribution is 2.44. The summed E-state index contributed by atoms with van der Waals surface area (Å²) in [6.07, 6.45) is 10.8. The van der Waals surface area contributed by atoms with Crippen molar-refractivity contribution >= 4 is 23.7 Å². The van der Waals surface area contributed by atoms with Crippen molar-refractivity contribution in [2.45, 2.75) is 31.4 Å². The molecule has 10 heteroatoms. The van der Waals surface area contributed by atoms with Gasteiger partial charge in [0.15, 0.2) is 0 Å². The smallest absolute Gasteiger partial charge is 0.349 e. The summed E-state index contributed by atoms with van der Waals surface area (Å²) in [4.78, 5) is 2.97. The predicted octanol–water partition coefficient (Wildman–Crippen LogP) is 6.17. The minimum Gasteiger partial charge on any atom is -0.349 e. The van der Waals surface area contributed by atoms with Crippen molar-refractivity contribution in [3.05, 3.63) is 96.2 Å². The van der Waals surface area contributed by atoms with E-state index in [9.17, 15) is 13.2 Å². The molecule has 2 heterocycles. The largest absolute Gasteiger partial charge is 0.418 e. The molecule has 38 heavy (non-hydrogen) atoms. The van der Waals surface area contributed by atoms with E-state index in [0.29, 0.717) is 22.7 Å². The quantitative estimate of drug-likeness (QED) is 0.387. The molecule has 0 spiro atoms. The van der Waals surface area contributed by atoms with Gasteiger partial charge >= 0.3 is 6.18 Å². The van der Waals surface area contributed by atoms with Gasteiger partial charge in [-0.3, -0.25) is 0 Å². The number of nitrogens with zero attached hydrogens (tertiary/aromatic N) is 5. The zero-order chi connectivity index (χ0) is 27.4. The minimum atomic E-state index is -4.55. The fourth-order valence-corrected chi connectivity index (χ4v) is 4.81. The summed E-state index contributed by atoms with van der Waals surface area (Å²) < 4.78 is 43.5. The zero-order valence-electron chi connectivity index (χ0n) is 21.3. The van der Waals surface area contributed by atoms with E-state index < -0.39 is 11.7 Å². The van der Waals surface area contributed by atoms with Gasteiger partial charge in [-0.15, -0.1) is 10.2 Å². The zero-order valence-corrected chi connectivity index (χ0v) is 21.3. The molecule has 1 aromatic carbocycles. The lowest BCUT2D eigenvalue weighted by Gasteiger charge is -2.34. The van der Waals surface area contributed by atoms with E-state index in [1.807, 2.05) is 29.8 Å². The molecule has 2 aromatic rings. The maximum Gasteiger partial charge on any atom is 0.418 e. The number of rotatable bonds is 9. The number of aryl methyl sites for hydroxylation is 1. The number of alkyl halides is 3. The van der Waals surface area contributed by atoms with Crippen LogP contribution in [0.2, 0.25) is 0 Å². The van der Waals surface area contributed by atoms with Crippen LogP contribution < -0.4 is 4.90 Å². The molecule has 2 N–H and O–H groups in total. The van der Waals surface area contributed by atoms with E-state index in [1.54, 1.807) is 18.3 Å². The van der Waals surface area contributed by atoms with Crippen LogP contribution in [0.25, 0.3) is 5.57 Å². The lowest BCUT2D eigenvalue weighted by Crippen LogP contribution is -2.26. The maximum atomic E-state index is 13.9. The molecule has 0 amide bonds. The lowest BCUT2D eigenvalue weighted by atomic mass is 9.72. The number of hydrogen-bond donors (Lipinski definition) is 2. The Kier molecular flexibility index (Phi) is 7.80. The standard InChI is InChI=1S/C28H30F3N7/c1-4-38-12-6-9-24(28(29,30)31)25(38)17-36(2)23-14-21(20(16-33)10-11-32)13-22(15-23)26(19-7-5-8-19)27-35-34-18-37(27)3/h4,6,9-19,26,32-33H,1,5,7-8H2,2-3H3/b20-10+,25-17-,32-11?,33-16?. The highest BCUT2D eigenvalue weighted by Gasteiger charge is 2.38. The van der Waals surface area contributed by atoms with Crippen molar-refractivity contribution in [3.63, 3.8) is 0 Å². The van der Waals surface area contributed by atoms with Gasteiger partial charge < -0.3 is 25.2 Å². The Morgan fingerprint density at radius 2 is 2.00 bits per heavy atom. The van der Waals surface area contributed by atoms with Gasteiger partial charge in [0.25, 0.3) is 0 Å². The van der Waals surface area contributed by atoms with E-state index >= 15 is 0 Å². The summed E-state index contributed by atoms with van der Waals surface area (Å²) in [6.45, 7) is 3.66. The van der Waals surface area contributed by atoms with Crippen molar-refractivity contribution in [2.75, 3.05) is 11.9 Å². The van der Waals surface area contributed by atoms with Crippen LogP contribution in [-0.4, -0.2) is 45.3 Å². The van der Waals surface area contributed by atoms with Crippen molar-refractivity contribution in [2.24, 2.45) is 13.0 Å². The Bertz CT molecular complexity index is 1340. The number of benzene rings is 1. The first kappa shape index (κ1) is 26.8.